The number of ether oxygens (including phenoxy) is 4. The summed E-state index contributed by atoms with van der Waals surface area (Å²) in [6, 6.07) is 30.4. The lowest BCUT2D eigenvalue weighted by Crippen LogP contribution is -2.29. The van der Waals surface area contributed by atoms with E-state index in [2.05, 4.69) is 119 Å². The first-order valence-corrected chi connectivity index (χ1v) is 21.8. The summed E-state index contributed by atoms with van der Waals surface area (Å²) in [5.41, 5.74) is 10.2. The van der Waals surface area contributed by atoms with Gasteiger partial charge in [0.05, 0.1) is 19.9 Å². The number of benzene rings is 5. The zero-order valence-corrected chi connectivity index (χ0v) is 38.1. The van der Waals surface area contributed by atoms with Gasteiger partial charge in [-0.1, -0.05) is 69.3 Å². The Balaban J connectivity index is 1.22. The zero-order valence-electron chi connectivity index (χ0n) is 38.1. The average Bonchev–Trinajstić information content (AvgIpc) is 3.25. The number of ketones is 2. The van der Waals surface area contributed by atoms with Gasteiger partial charge in [-0.05, 0) is 123 Å². The monoisotopic (exact) mass is 837 g/mol. The number of fused-ring (bicyclic) bond motifs is 1. The molecule has 0 aliphatic carbocycles. The molecule has 0 spiro atoms. The fourth-order valence-electron chi connectivity index (χ4n) is 8.13. The second-order valence-electron chi connectivity index (χ2n) is 17.2. The van der Waals surface area contributed by atoms with E-state index in [1.807, 2.05) is 25.3 Å². The summed E-state index contributed by atoms with van der Waals surface area (Å²) in [5.74, 6) is 2.24. The number of hydrogen-bond donors (Lipinski definition) is 2. The molecule has 0 fully saturated rings. The van der Waals surface area contributed by atoms with Crippen molar-refractivity contribution in [1.82, 2.24) is 0 Å². The smallest absolute Gasteiger partial charge is 0.168 e. The molecule has 9 heteroatoms. The van der Waals surface area contributed by atoms with Crippen LogP contribution in [0.15, 0.2) is 96.0 Å². The SMILES string of the molecule is COc1cc2c(cc1OCc1cc(COc3cc(NC[C@@H](C)Cc4ccccc4C)c(C(C)=O)cc3OC)cc(NC(C)C)c1)/N=C\[C@H](Cc1ccccc1C)C(C)C(C)C2=O. The van der Waals surface area contributed by atoms with Crippen LogP contribution >= 0.6 is 0 Å². The van der Waals surface area contributed by atoms with E-state index in [4.69, 9.17) is 23.9 Å². The van der Waals surface area contributed by atoms with Crippen LogP contribution in [0, 0.1) is 37.5 Å². The number of carbonyl (C=O) groups excluding carboxylic acids is 2. The number of nitrogens with zero attached hydrogens (tertiary/aromatic N) is 1. The van der Waals surface area contributed by atoms with E-state index in [1.165, 1.54) is 22.3 Å². The van der Waals surface area contributed by atoms with Gasteiger partial charge >= 0.3 is 0 Å². The number of rotatable bonds is 18. The summed E-state index contributed by atoms with van der Waals surface area (Å²) in [5, 5.41) is 7.06. The molecule has 0 bridgehead atoms. The van der Waals surface area contributed by atoms with Crippen LogP contribution in [0.25, 0.3) is 0 Å². The number of aryl methyl sites for hydroxylation is 2. The van der Waals surface area contributed by atoms with Crippen LogP contribution in [0.4, 0.5) is 17.1 Å². The second kappa shape index (κ2) is 20.6. The summed E-state index contributed by atoms with van der Waals surface area (Å²) in [6.07, 6.45) is 3.74. The molecule has 1 heterocycles. The van der Waals surface area contributed by atoms with Gasteiger partial charge < -0.3 is 29.6 Å². The van der Waals surface area contributed by atoms with Crippen molar-refractivity contribution >= 4 is 34.8 Å². The Morgan fingerprint density at radius 1 is 0.758 bits per heavy atom. The highest BCUT2D eigenvalue weighted by atomic mass is 16.5. The van der Waals surface area contributed by atoms with Crippen molar-refractivity contribution in [2.24, 2.45) is 28.7 Å². The highest BCUT2D eigenvalue weighted by Gasteiger charge is 2.32. The van der Waals surface area contributed by atoms with Crippen LogP contribution in [-0.4, -0.2) is 44.6 Å². The van der Waals surface area contributed by atoms with Crippen LogP contribution in [-0.2, 0) is 26.1 Å². The molecule has 1 aliphatic rings. The van der Waals surface area contributed by atoms with Crippen LogP contribution in [0.5, 0.6) is 23.0 Å². The van der Waals surface area contributed by atoms with E-state index in [-0.39, 0.29) is 48.6 Å². The first-order chi connectivity index (χ1) is 29.7. The topological polar surface area (TPSA) is 107 Å². The van der Waals surface area contributed by atoms with Crippen molar-refractivity contribution in [3.8, 4) is 23.0 Å². The van der Waals surface area contributed by atoms with Crippen LogP contribution in [0.3, 0.4) is 0 Å². The first kappa shape index (κ1) is 45.4. The van der Waals surface area contributed by atoms with Crippen molar-refractivity contribution in [2.75, 3.05) is 31.4 Å². The predicted octanol–water partition coefficient (Wildman–Crippen LogP) is 11.8. The zero-order chi connectivity index (χ0) is 44.5. The van der Waals surface area contributed by atoms with Crippen molar-refractivity contribution in [3.05, 3.63) is 136 Å². The third-order valence-corrected chi connectivity index (χ3v) is 12.0. The van der Waals surface area contributed by atoms with Gasteiger partial charge in [0.2, 0.25) is 0 Å². The summed E-state index contributed by atoms with van der Waals surface area (Å²) in [7, 11) is 3.17. The molecule has 4 atom stereocenters. The molecule has 0 amide bonds. The fraction of sp³-hybridized carbons (Fsp3) is 0.377. The van der Waals surface area contributed by atoms with Crippen molar-refractivity contribution in [3.63, 3.8) is 0 Å². The van der Waals surface area contributed by atoms with E-state index in [0.29, 0.717) is 58.0 Å². The Kier molecular flexibility index (Phi) is 15.1. The molecule has 0 saturated carbocycles. The Labute approximate surface area is 368 Å². The van der Waals surface area contributed by atoms with Gasteiger partial charge in [-0.2, -0.15) is 0 Å². The van der Waals surface area contributed by atoms with E-state index < -0.39 is 0 Å². The first-order valence-electron chi connectivity index (χ1n) is 21.8. The summed E-state index contributed by atoms with van der Waals surface area (Å²) in [4.78, 5) is 31.7. The van der Waals surface area contributed by atoms with E-state index in [9.17, 15) is 9.59 Å². The quantitative estimate of drug-likeness (QED) is 0.0840. The Morgan fingerprint density at radius 2 is 1.35 bits per heavy atom. The molecular weight excluding hydrogens is 775 g/mol. The second-order valence-corrected chi connectivity index (χ2v) is 17.2. The van der Waals surface area contributed by atoms with Gasteiger partial charge in [0.25, 0.3) is 0 Å². The third kappa shape index (κ3) is 11.2. The van der Waals surface area contributed by atoms with Gasteiger partial charge in [-0.3, -0.25) is 14.6 Å². The highest BCUT2D eigenvalue weighted by molar-refractivity contribution is 6.04. The molecule has 5 aromatic carbocycles. The number of hydrogen-bond acceptors (Lipinski definition) is 9. The summed E-state index contributed by atoms with van der Waals surface area (Å²) >= 11 is 0. The molecule has 5 aromatic rings. The molecule has 62 heavy (non-hydrogen) atoms. The average molecular weight is 838 g/mol. The molecule has 0 aromatic heterocycles. The van der Waals surface area contributed by atoms with E-state index in [1.54, 1.807) is 33.3 Å². The van der Waals surface area contributed by atoms with Crippen LogP contribution in [0.2, 0.25) is 0 Å². The minimum atomic E-state index is -0.212. The van der Waals surface area contributed by atoms with Crippen molar-refractivity contribution in [2.45, 2.75) is 87.5 Å². The Bertz CT molecular complexity index is 2400. The van der Waals surface area contributed by atoms with Gasteiger partial charge in [-0.25, -0.2) is 0 Å². The molecule has 1 aliphatic heterocycles. The highest BCUT2D eigenvalue weighted by Crippen LogP contribution is 2.40. The van der Waals surface area contributed by atoms with Gasteiger partial charge in [0.15, 0.2) is 34.6 Å². The van der Waals surface area contributed by atoms with Crippen LogP contribution in [0.1, 0.15) is 95.6 Å². The minimum Gasteiger partial charge on any atom is -0.493 e. The molecular formula is C53H63N3O6. The molecule has 2 unspecified atom stereocenters. The molecule has 9 nitrogen and oxygen atoms in total. The molecule has 0 radical (unpaired) electrons. The number of anilines is 2. The summed E-state index contributed by atoms with van der Waals surface area (Å²) < 4.78 is 24.5. The molecule has 6 rings (SSSR count). The maximum atomic E-state index is 14.0. The standard InChI is InChI=1S/C53H63N3O6/c1-32(2)56-44-21-39(30-61-51-26-47(45(38(8)57)24-49(51)59-9)54-28-33(3)19-41-17-13-11-15-34(41)4)20-40(22-44)31-62-52-27-48-46(25-50(52)60-10)53(58)37(7)36(6)43(29-55-48)23-42-18-14-12-16-35(42)5/h11-18,20-22,24-27,29,32-33,36-37,43,54,56H,19,23,28,30-31H2,1-10H3/b55-29-/t33-,36?,37?,43-/m0/s1. The number of carbonyl (C=O) groups is 2. The van der Waals surface area contributed by atoms with Gasteiger partial charge in [0.1, 0.15) is 13.2 Å². The minimum absolute atomic E-state index is 0.0456. The van der Waals surface area contributed by atoms with E-state index >= 15 is 0 Å². The molecule has 0 saturated heterocycles. The predicted molar refractivity (Wildman–Crippen MR) is 252 cm³/mol. The maximum Gasteiger partial charge on any atom is 0.168 e. The lowest BCUT2D eigenvalue weighted by atomic mass is 9.76. The summed E-state index contributed by atoms with van der Waals surface area (Å²) in [6.45, 7) is 17.5. The van der Waals surface area contributed by atoms with Gasteiger partial charge in [0, 0.05) is 65.3 Å². The number of methoxy groups -OCH3 is 2. The lowest BCUT2D eigenvalue weighted by molar-refractivity contribution is 0.0877. The van der Waals surface area contributed by atoms with Gasteiger partial charge in [-0.15, -0.1) is 0 Å². The number of nitrogens with one attached hydrogen (secondary N) is 2. The molecule has 326 valence electrons. The fourth-order valence-corrected chi connectivity index (χ4v) is 8.13. The Hall–Kier alpha value is -6.09. The van der Waals surface area contributed by atoms with Crippen molar-refractivity contribution in [1.29, 1.82) is 0 Å². The Morgan fingerprint density at radius 3 is 1.95 bits per heavy atom. The van der Waals surface area contributed by atoms with Crippen molar-refractivity contribution < 1.29 is 28.5 Å². The maximum absolute atomic E-state index is 14.0. The lowest BCUT2D eigenvalue weighted by Gasteiger charge is -2.28. The third-order valence-electron chi connectivity index (χ3n) is 12.0. The normalized spacial score (nSPS) is 17.0. The largest absolute Gasteiger partial charge is 0.493 e. The molecule has 2 N–H and O–H groups in total. The number of aliphatic imine (C=N–C) groups is 1. The van der Waals surface area contributed by atoms with E-state index in [0.717, 1.165) is 29.7 Å². The number of Topliss-reactive ketones (excluding diaryl/α,β-unsaturated/α-hetero) is 2. The van der Waals surface area contributed by atoms with Crippen LogP contribution < -0.4 is 29.6 Å².